The number of aliphatic hydroxyl groups excluding tert-OH is 1. The Labute approximate surface area is 211 Å². The molecule has 0 aliphatic carbocycles. The molecule has 1 aliphatic heterocycles. The molecule has 0 radical (unpaired) electrons. The van der Waals surface area contributed by atoms with Crippen LogP contribution in [0.4, 0.5) is 5.69 Å². The lowest BCUT2D eigenvalue weighted by Crippen LogP contribution is -2.29. The zero-order valence-corrected chi connectivity index (χ0v) is 21.2. The van der Waals surface area contributed by atoms with Gasteiger partial charge in [-0.3, -0.25) is 14.5 Å². The summed E-state index contributed by atoms with van der Waals surface area (Å²) in [6.45, 7) is 8.53. The predicted octanol–water partition coefficient (Wildman–Crippen LogP) is 5.97. The molecule has 4 rings (SSSR count). The molecule has 3 aromatic rings. The van der Waals surface area contributed by atoms with Crippen LogP contribution in [0, 0.1) is 19.8 Å². The summed E-state index contributed by atoms with van der Waals surface area (Å²) in [4.78, 5) is 28.1. The highest BCUT2D eigenvalue weighted by Gasteiger charge is 2.47. The number of ether oxygens (including phenoxy) is 2. The van der Waals surface area contributed by atoms with E-state index in [4.69, 9.17) is 9.47 Å². The Kier molecular flexibility index (Phi) is 7.15. The van der Waals surface area contributed by atoms with E-state index in [0.717, 1.165) is 11.1 Å². The van der Waals surface area contributed by atoms with E-state index in [1.54, 1.807) is 55.6 Å². The van der Waals surface area contributed by atoms with Gasteiger partial charge in [-0.1, -0.05) is 38.1 Å². The molecular formula is C30H31NO5. The highest BCUT2D eigenvalue weighted by Crippen LogP contribution is 2.43. The maximum absolute atomic E-state index is 13.4. The third-order valence-corrected chi connectivity index (χ3v) is 6.18. The van der Waals surface area contributed by atoms with Gasteiger partial charge in [-0.25, -0.2) is 0 Å². The lowest BCUT2D eigenvalue weighted by Gasteiger charge is -2.26. The Morgan fingerprint density at radius 2 is 1.72 bits per heavy atom. The summed E-state index contributed by atoms with van der Waals surface area (Å²) in [5.41, 5.74) is 3.55. The number of ketones is 1. The summed E-state index contributed by atoms with van der Waals surface area (Å²) >= 11 is 0. The van der Waals surface area contributed by atoms with Crippen molar-refractivity contribution >= 4 is 23.1 Å². The van der Waals surface area contributed by atoms with Crippen molar-refractivity contribution in [2.75, 3.05) is 18.6 Å². The number of hydrogen-bond donors (Lipinski definition) is 1. The fourth-order valence-electron chi connectivity index (χ4n) is 4.35. The number of carbonyl (C=O) groups is 2. The third-order valence-electron chi connectivity index (χ3n) is 6.18. The fourth-order valence-corrected chi connectivity index (χ4v) is 4.35. The Bertz CT molecular complexity index is 1320. The van der Waals surface area contributed by atoms with Gasteiger partial charge in [0.2, 0.25) is 0 Å². The van der Waals surface area contributed by atoms with Gasteiger partial charge in [-0.15, -0.1) is 0 Å². The maximum Gasteiger partial charge on any atom is 0.300 e. The maximum atomic E-state index is 13.4. The van der Waals surface area contributed by atoms with Crippen LogP contribution in [-0.4, -0.2) is 30.5 Å². The number of carbonyl (C=O) groups excluding carboxylic acids is 2. The number of aryl methyl sites for hydroxylation is 2. The molecule has 3 aromatic carbocycles. The highest BCUT2D eigenvalue weighted by atomic mass is 16.5. The first-order valence-electron chi connectivity index (χ1n) is 12.0. The zero-order valence-electron chi connectivity index (χ0n) is 21.2. The van der Waals surface area contributed by atoms with Crippen LogP contribution < -0.4 is 14.4 Å². The van der Waals surface area contributed by atoms with E-state index in [2.05, 4.69) is 13.8 Å². The molecule has 0 saturated carbocycles. The average Bonchev–Trinajstić information content (AvgIpc) is 3.13. The molecule has 1 fully saturated rings. The minimum Gasteiger partial charge on any atom is -0.507 e. The first-order valence-corrected chi connectivity index (χ1v) is 12.0. The molecule has 1 saturated heterocycles. The molecule has 0 spiro atoms. The van der Waals surface area contributed by atoms with E-state index >= 15 is 0 Å². The summed E-state index contributed by atoms with van der Waals surface area (Å²) in [7, 11) is 1.57. The Hall–Kier alpha value is -4.06. The van der Waals surface area contributed by atoms with Crippen molar-refractivity contribution in [3.05, 3.63) is 94.6 Å². The minimum absolute atomic E-state index is 0.0434. The summed E-state index contributed by atoms with van der Waals surface area (Å²) in [6, 6.07) is 19.0. The van der Waals surface area contributed by atoms with Gasteiger partial charge in [0.1, 0.15) is 17.3 Å². The topological polar surface area (TPSA) is 76.1 Å². The van der Waals surface area contributed by atoms with E-state index < -0.39 is 17.7 Å². The van der Waals surface area contributed by atoms with Gasteiger partial charge in [-0.05, 0) is 78.9 Å². The quantitative estimate of drug-likeness (QED) is 0.253. The summed E-state index contributed by atoms with van der Waals surface area (Å²) in [5.74, 6) is 0.109. The van der Waals surface area contributed by atoms with Gasteiger partial charge in [0, 0.05) is 11.3 Å². The van der Waals surface area contributed by atoms with Crippen LogP contribution in [-0.2, 0) is 9.59 Å². The number of aliphatic hydroxyl groups is 1. The van der Waals surface area contributed by atoms with Crippen LogP contribution in [0.3, 0.4) is 0 Å². The van der Waals surface area contributed by atoms with E-state index in [0.29, 0.717) is 40.8 Å². The highest BCUT2D eigenvalue weighted by molar-refractivity contribution is 6.51. The number of hydrogen-bond acceptors (Lipinski definition) is 5. The fraction of sp³-hybridized carbons (Fsp3) is 0.267. The number of nitrogens with zero attached hydrogens (tertiary/aromatic N) is 1. The van der Waals surface area contributed by atoms with Crippen molar-refractivity contribution in [3.8, 4) is 11.5 Å². The summed E-state index contributed by atoms with van der Waals surface area (Å²) < 4.78 is 11.1. The molecule has 1 heterocycles. The van der Waals surface area contributed by atoms with Crippen LogP contribution >= 0.6 is 0 Å². The van der Waals surface area contributed by atoms with E-state index in [-0.39, 0.29) is 11.3 Å². The molecule has 0 bridgehead atoms. The largest absolute Gasteiger partial charge is 0.507 e. The molecule has 1 N–H and O–H groups in total. The lowest BCUT2D eigenvalue weighted by molar-refractivity contribution is -0.132. The van der Waals surface area contributed by atoms with Gasteiger partial charge >= 0.3 is 0 Å². The average molecular weight is 486 g/mol. The molecular weight excluding hydrogens is 454 g/mol. The van der Waals surface area contributed by atoms with E-state index in [1.165, 1.54) is 4.90 Å². The van der Waals surface area contributed by atoms with Gasteiger partial charge in [0.05, 0.1) is 25.3 Å². The number of amides is 1. The second-order valence-corrected chi connectivity index (χ2v) is 9.47. The van der Waals surface area contributed by atoms with Crippen LogP contribution in [0.25, 0.3) is 5.76 Å². The molecule has 1 unspecified atom stereocenters. The summed E-state index contributed by atoms with van der Waals surface area (Å²) in [6.07, 6.45) is 0. The molecule has 186 valence electrons. The SMILES string of the molecule is COc1ccc(C2/C(=C(/O)c3ccc(OCC(C)C)c(C)c3)C(=O)C(=O)N2c2cccc(C)c2)cc1. The normalized spacial score (nSPS) is 17.1. The Morgan fingerprint density at radius 3 is 2.33 bits per heavy atom. The Balaban J connectivity index is 1.85. The van der Waals surface area contributed by atoms with Crippen molar-refractivity contribution in [1.82, 2.24) is 0 Å². The van der Waals surface area contributed by atoms with Crippen LogP contribution in [0.15, 0.2) is 72.3 Å². The monoisotopic (exact) mass is 485 g/mol. The lowest BCUT2D eigenvalue weighted by atomic mass is 9.94. The first-order chi connectivity index (χ1) is 17.2. The number of Topliss-reactive ketones (excluding diaryl/α,β-unsaturated/α-hetero) is 1. The van der Waals surface area contributed by atoms with Gasteiger partial charge in [-0.2, -0.15) is 0 Å². The standard InChI is InChI=1S/C30H31NO5/c1-18(2)17-36-25-14-11-22(16-20(25)4)28(32)26-27(21-9-12-24(35-5)13-10-21)31(30(34)29(26)33)23-8-6-7-19(3)15-23/h6-16,18,27,32H,17H2,1-5H3/b28-26-. The molecule has 1 amide bonds. The molecule has 0 aromatic heterocycles. The van der Waals surface area contributed by atoms with Crippen molar-refractivity contribution < 1.29 is 24.2 Å². The van der Waals surface area contributed by atoms with Crippen molar-refractivity contribution in [3.63, 3.8) is 0 Å². The first kappa shape index (κ1) is 25.0. The van der Waals surface area contributed by atoms with Crippen LogP contribution in [0.1, 0.15) is 42.1 Å². The van der Waals surface area contributed by atoms with Crippen molar-refractivity contribution in [1.29, 1.82) is 0 Å². The molecule has 1 aliphatic rings. The van der Waals surface area contributed by atoms with Crippen LogP contribution in [0.2, 0.25) is 0 Å². The van der Waals surface area contributed by atoms with Crippen LogP contribution in [0.5, 0.6) is 11.5 Å². The molecule has 6 heteroatoms. The minimum atomic E-state index is -0.796. The number of rotatable bonds is 7. The molecule has 6 nitrogen and oxygen atoms in total. The smallest absolute Gasteiger partial charge is 0.300 e. The summed E-state index contributed by atoms with van der Waals surface area (Å²) in [5, 5.41) is 11.4. The van der Waals surface area contributed by atoms with E-state index in [1.807, 2.05) is 32.0 Å². The predicted molar refractivity (Wildman–Crippen MR) is 140 cm³/mol. The van der Waals surface area contributed by atoms with Gasteiger partial charge in [0.15, 0.2) is 0 Å². The van der Waals surface area contributed by atoms with Gasteiger partial charge in [0.25, 0.3) is 11.7 Å². The number of anilines is 1. The second-order valence-electron chi connectivity index (χ2n) is 9.47. The molecule has 36 heavy (non-hydrogen) atoms. The number of benzene rings is 3. The van der Waals surface area contributed by atoms with Crippen molar-refractivity contribution in [2.45, 2.75) is 33.7 Å². The van der Waals surface area contributed by atoms with Gasteiger partial charge < -0.3 is 14.6 Å². The van der Waals surface area contributed by atoms with Crippen molar-refractivity contribution in [2.24, 2.45) is 5.92 Å². The third kappa shape index (κ3) is 4.85. The second kappa shape index (κ2) is 10.3. The zero-order chi connectivity index (χ0) is 26.0. The molecule has 1 atom stereocenters. The Morgan fingerprint density at radius 1 is 1.00 bits per heavy atom. The van der Waals surface area contributed by atoms with E-state index in [9.17, 15) is 14.7 Å². The number of methoxy groups -OCH3 is 1.